The first kappa shape index (κ1) is 22.5. The molecule has 4 rings (SSSR count). The molecule has 32 heavy (non-hydrogen) atoms. The first-order chi connectivity index (χ1) is 15.6. The molecule has 172 valence electrons. The van der Waals surface area contributed by atoms with E-state index in [1.165, 1.54) is 43.4 Å². The number of rotatable bonds is 7. The Morgan fingerprint density at radius 1 is 1.09 bits per heavy atom. The van der Waals surface area contributed by atoms with Crippen LogP contribution in [0.3, 0.4) is 0 Å². The summed E-state index contributed by atoms with van der Waals surface area (Å²) in [6.45, 7) is 2.83. The lowest BCUT2D eigenvalue weighted by Gasteiger charge is -2.33. The fraction of sp³-hybridized carbons (Fsp3) is 0.522. The number of piperazine rings is 1. The minimum atomic E-state index is -0.0622. The molecule has 2 aromatic rings. The SMILES string of the molecule is COc1ccc(NC(=O)CN2CCN(C(=O)c3csc(NC4CCCCC4)n3)CC2)cc1. The lowest BCUT2D eigenvalue weighted by atomic mass is 9.96. The summed E-state index contributed by atoms with van der Waals surface area (Å²) >= 11 is 1.51. The quantitative estimate of drug-likeness (QED) is 0.664. The van der Waals surface area contributed by atoms with Crippen molar-refractivity contribution in [3.63, 3.8) is 0 Å². The third-order valence-electron chi connectivity index (χ3n) is 6.06. The Bertz CT molecular complexity index is 903. The first-order valence-electron chi connectivity index (χ1n) is 11.3. The fourth-order valence-electron chi connectivity index (χ4n) is 4.21. The molecule has 0 spiro atoms. The molecule has 9 heteroatoms. The molecule has 1 aliphatic heterocycles. The number of anilines is 2. The molecule has 8 nitrogen and oxygen atoms in total. The molecule has 0 unspecified atom stereocenters. The summed E-state index contributed by atoms with van der Waals surface area (Å²) in [4.78, 5) is 33.7. The van der Waals surface area contributed by atoms with Crippen molar-refractivity contribution in [1.82, 2.24) is 14.8 Å². The van der Waals surface area contributed by atoms with Gasteiger partial charge >= 0.3 is 0 Å². The topological polar surface area (TPSA) is 86.8 Å². The molecule has 0 radical (unpaired) electrons. The number of ether oxygens (including phenoxy) is 1. The average Bonchev–Trinajstić information content (AvgIpc) is 3.28. The van der Waals surface area contributed by atoms with E-state index in [9.17, 15) is 9.59 Å². The van der Waals surface area contributed by atoms with E-state index in [4.69, 9.17) is 4.74 Å². The van der Waals surface area contributed by atoms with E-state index in [2.05, 4.69) is 20.5 Å². The number of aromatic nitrogens is 1. The maximum absolute atomic E-state index is 12.9. The van der Waals surface area contributed by atoms with Gasteiger partial charge in [-0.05, 0) is 37.1 Å². The van der Waals surface area contributed by atoms with E-state index in [0.29, 0.717) is 44.5 Å². The van der Waals surface area contributed by atoms with Gasteiger partial charge in [0.25, 0.3) is 5.91 Å². The smallest absolute Gasteiger partial charge is 0.273 e. The van der Waals surface area contributed by atoms with Crippen LogP contribution in [0.1, 0.15) is 42.6 Å². The van der Waals surface area contributed by atoms with Gasteiger partial charge in [-0.3, -0.25) is 14.5 Å². The van der Waals surface area contributed by atoms with Gasteiger partial charge in [0.2, 0.25) is 5.91 Å². The second kappa shape index (κ2) is 10.8. The Morgan fingerprint density at radius 3 is 2.50 bits per heavy atom. The normalized spacial score (nSPS) is 17.7. The number of nitrogens with one attached hydrogen (secondary N) is 2. The van der Waals surface area contributed by atoms with Gasteiger partial charge in [-0.25, -0.2) is 4.98 Å². The van der Waals surface area contributed by atoms with Crippen molar-refractivity contribution in [1.29, 1.82) is 0 Å². The van der Waals surface area contributed by atoms with Crippen LogP contribution in [-0.4, -0.2) is 72.5 Å². The highest BCUT2D eigenvalue weighted by atomic mass is 32.1. The average molecular weight is 458 g/mol. The van der Waals surface area contributed by atoms with Crippen molar-refractivity contribution in [2.24, 2.45) is 0 Å². The highest BCUT2D eigenvalue weighted by Gasteiger charge is 2.25. The predicted octanol–water partition coefficient (Wildman–Crippen LogP) is 3.29. The summed E-state index contributed by atoms with van der Waals surface area (Å²) < 4.78 is 5.13. The van der Waals surface area contributed by atoms with Crippen LogP contribution in [0, 0.1) is 0 Å². The van der Waals surface area contributed by atoms with Crippen LogP contribution in [-0.2, 0) is 4.79 Å². The molecular formula is C23H31N5O3S. The Balaban J connectivity index is 1.21. The molecule has 0 atom stereocenters. The van der Waals surface area contributed by atoms with Crippen molar-refractivity contribution < 1.29 is 14.3 Å². The minimum absolute atomic E-state index is 0.0275. The van der Waals surface area contributed by atoms with Crippen LogP contribution in [0.2, 0.25) is 0 Å². The fourth-order valence-corrected chi connectivity index (χ4v) is 4.97. The summed E-state index contributed by atoms with van der Waals surface area (Å²) in [5.74, 6) is 0.661. The number of amides is 2. The van der Waals surface area contributed by atoms with E-state index in [1.807, 2.05) is 34.5 Å². The van der Waals surface area contributed by atoms with Gasteiger partial charge in [0, 0.05) is 43.3 Å². The van der Waals surface area contributed by atoms with Crippen LogP contribution >= 0.6 is 11.3 Å². The van der Waals surface area contributed by atoms with Crippen LogP contribution < -0.4 is 15.4 Å². The second-order valence-electron chi connectivity index (χ2n) is 8.36. The molecular weight excluding hydrogens is 426 g/mol. The summed E-state index contributed by atoms with van der Waals surface area (Å²) in [6.07, 6.45) is 6.19. The Morgan fingerprint density at radius 2 is 1.81 bits per heavy atom. The van der Waals surface area contributed by atoms with Gasteiger partial charge in [0.1, 0.15) is 11.4 Å². The summed E-state index contributed by atoms with van der Waals surface area (Å²) in [5, 5.41) is 9.09. The number of carbonyl (C=O) groups excluding carboxylic acids is 2. The number of hydrogen-bond acceptors (Lipinski definition) is 7. The zero-order valence-corrected chi connectivity index (χ0v) is 19.3. The van der Waals surface area contributed by atoms with Crippen LogP contribution in [0.4, 0.5) is 10.8 Å². The summed E-state index contributed by atoms with van der Waals surface area (Å²) in [5.41, 5.74) is 1.25. The van der Waals surface area contributed by atoms with Crippen molar-refractivity contribution in [3.05, 3.63) is 35.3 Å². The number of benzene rings is 1. The predicted molar refractivity (Wildman–Crippen MR) is 127 cm³/mol. The third kappa shape index (κ3) is 5.98. The van der Waals surface area contributed by atoms with Gasteiger partial charge in [-0.1, -0.05) is 19.3 Å². The summed E-state index contributed by atoms with van der Waals surface area (Å²) in [7, 11) is 1.61. The summed E-state index contributed by atoms with van der Waals surface area (Å²) in [6, 6.07) is 7.74. The second-order valence-corrected chi connectivity index (χ2v) is 9.22. The zero-order chi connectivity index (χ0) is 22.3. The van der Waals surface area contributed by atoms with Crippen LogP contribution in [0.5, 0.6) is 5.75 Å². The molecule has 2 aliphatic rings. The van der Waals surface area contributed by atoms with Gasteiger partial charge < -0.3 is 20.3 Å². The van der Waals surface area contributed by atoms with Crippen molar-refractivity contribution in [2.45, 2.75) is 38.1 Å². The highest BCUT2D eigenvalue weighted by Crippen LogP contribution is 2.24. The maximum atomic E-state index is 12.9. The molecule has 1 saturated heterocycles. The number of thiazole rings is 1. The standard InChI is InChI=1S/C23H31N5O3S/c1-31-19-9-7-18(8-10-19)24-21(29)15-27-11-13-28(14-12-27)22(30)20-16-32-23(26-20)25-17-5-3-2-4-6-17/h7-10,16-17H,2-6,11-15H2,1H3,(H,24,29)(H,25,26). The zero-order valence-electron chi connectivity index (χ0n) is 18.5. The molecule has 2 fully saturated rings. The molecule has 2 heterocycles. The number of methoxy groups -OCH3 is 1. The molecule has 1 saturated carbocycles. The van der Waals surface area contributed by atoms with E-state index < -0.39 is 0 Å². The highest BCUT2D eigenvalue weighted by molar-refractivity contribution is 7.13. The molecule has 0 bridgehead atoms. The minimum Gasteiger partial charge on any atom is -0.497 e. The lowest BCUT2D eigenvalue weighted by Crippen LogP contribution is -2.50. The van der Waals surface area contributed by atoms with E-state index in [1.54, 1.807) is 7.11 Å². The van der Waals surface area contributed by atoms with Crippen LogP contribution in [0.25, 0.3) is 0 Å². The van der Waals surface area contributed by atoms with Gasteiger partial charge in [0.05, 0.1) is 13.7 Å². The number of nitrogens with zero attached hydrogens (tertiary/aromatic N) is 3. The van der Waals surface area contributed by atoms with Gasteiger partial charge in [-0.15, -0.1) is 11.3 Å². The Labute approximate surface area is 193 Å². The number of hydrogen-bond donors (Lipinski definition) is 2. The largest absolute Gasteiger partial charge is 0.497 e. The lowest BCUT2D eigenvalue weighted by molar-refractivity contribution is -0.117. The third-order valence-corrected chi connectivity index (χ3v) is 6.83. The van der Waals surface area contributed by atoms with Crippen molar-refractivity contribution in [3.8, 4) is 5.75 Å². The van der Waals surface area contributed by atoms with Crippen molar-refractivity contribution >= 4 is 34.0 Å². The number of carbonyl (C=O) groups is 2. The van der Waals surface area contributed by atoms with Crippen LogP contribution in [0.15, 0.2) is 29.6 Å². The Hall–Kier alpha value is -2.65. The van der Waals surface area contributed by atoms with Gasteiger partial charge in [0.15, 0.2) is 5.13 Å². The Kier molecular flexibility index (Phi) is 7.59. The molecule has 2 amide bonds. The monoisotopic (exact) mass is 457 g/mol. The molecule has 1 aliphatic carbocycles. The molecule has 1 aromatic carbocycles. The maximum Gasteiger partial charge on any atom is 0.273 e. The van der Waals surface area contributed by atoms with Gasteiger partial charge in [-0.2, -0.15) is 0 Å². The van der Waals surface area contributed by atoms with E-state index in [0.717, 1.165) is 16.6 Å². The van der Waals surface area contributed by atoms with Crippen molar-refractivity contribution in [2.75, 3.05) is 50.5 Å². The molecule has 2 N–H and O–H groups in total. The first-order valence-corrected chi connectivity index (χ1v) is 12.2. The van der Waals surface area contributed by atoms with E-state index in [-0.39, 0.29) is 11.8 Å². The van der Waals surface area contributed by atoms with E-state index >= 15 is 0 Å². The molecule has 1 aromatic heterocycles.